The number of hydrogen-bond acceptors (Lipinski definition) is 10. The number of aliphatic hydroxyl groups excluding tert-OH is 2. The summed E-state index contributed by atoms with van der Waals surface area (Å²) >= 11 is 0. The highest BCUT2D eigenvalue weighted by atomic mass is 16.4. The number of nitrogens with two attached hydrogens (primary N) is 2. The van der Waals surface area contributed by atoms with Gasteiger partial charge in [0.05, 0.1) is 24.3 Å². The predicted octanol–water partition coefficient (Wildman–Crippen LogP) is 15.2. The second-order valence-electron chi connectivity index (χ2n) is 15.0. The first-order valence-corrected chi connectivity index (χ1v) is 23.4. The van der Waals surface area contributed by atoms with Crippen molar-refractivity contribution < 1.29 is 49.2 Å². The van der Waals surface area contributed by atoms with E-state index in [9.17, 15) is 9.59 Å². The fraction of sp³-hybridized carbons (Fsp3) is 0.394. The van der Waals surface area contributed by atoms with E-state index >= 15 is 0 Å². The molecular formula is C66H106N2O10. The zero-order valence-corrected chi connectivity index (χ0v) is 41.3. The summed E-state index contributed by atoms with van der Waals surface area (Å²) in [6.45, 7) is 10.1. The minimum Gasteiger partial charge on any atom is -0.478 e. The molecule has 0 saturated heterocycles. The van der Waals surface area contributed by atoms with E-state index in [1.165, 1.54) is 35.1 Å². The van der Waals surface area contributed by atoms with Gasteiger partial charge < -0.3 is 31.9 Å². The summed E-state index contributed by atoms with van der Waals surface area (Å²) in [5.74, 6) is -1.72. The number of carboxylic acids is 2. The Morgan fingerprint density at radius 1 is 0.359 bits per heavy atom. The van der Waals surface area contributed by atoms with Crippen LogP contribution in [0.4, 0.5) is 0 Å². The molecule has 0 atom stereocenters. The van der Waals surface area contributed by atoms with E-state index in [4.69, 9.17) is 51.1 Å². The van der Waals surface area contributed by atoms with Crippen molar-refractivity contribution in [3.05, 3.63) is 213 Å². The number of aromatic carboxylic acids is 2. The van der Waals surface area contributed by atoms with Gasteiger partial charge >= 0.3 is 24.2 Å². The predicted molar refractivity (Wildman–Crippen MR) is 330 cm³/mol. The first-order chi connectivity index (χ1) is 33.9. The molecule has 6 rings (SSSR count). The molecule has 0 radical (unpaired) electrons. The fourth-order valence-corrected chi connectivity index (χ4v) is 6.46. The van der Waals surface area contributed by atoms with Gasteiger partial charge in [-0.15, -0.1) is 0 Å². The summed E-state index contributed by atoms with van der Waals surface area (Å²) in [6.07, 6.45) is 10.8. The van der Waals surface area contributed by atoms with E-state index < -0.39 is 11.9 Å². The van der Waals surface area contributed by atoms with Crippen molar-refractivity contribution in [3.8, 4) is 0 Å². The molecule has 0 bridgehead atoms. The van der Waals surface area contributed by atoms with Crippen LogP contribution in [-0.4, -0.2) is 57.8 Å². The van der Waals surface area contributed by atoms with Crippen LogP contribution in [-0.2, 0) is 70.9 Å². The third-order valence-electron chi connectivity index (χ3n) is 9.61. The minimum absolute atomic E-state index is 0. The maximum absolute atomic E-state index is 10.7. The normalized spacial score (nSPS) is 8.21. The molecule has 0 fully saturated rings. The van der Waals surface area contributed by atoms with Gasteiger partial charge in [0.15, 0.2) is 0 Å². The second kappa shape index (κ2) is 66.0. The van der Waals surface area contributed by atoms with Crippen molar-refractivity contribution in [1.82, 2.24) is 0 Å². The highest BCUT2D eigenvalue weighted by molar-refractivity contribution is 5.89. The van der Waals surface area contributed by atoms with Gasteiger partial charge in [-0.3, -0.25) is 0 Å². The minimum atomic E-state index is -0.890. The van der Waals surface area contributed by atoms with Crippen molar-refractivity contribution in [2.75, 3.05) is 13.1 Å². The maximum atomic E-state index is 10.7. The van der Waals surface area contributed by atoms with Gasteiger partial charge in [-0.1, -0.05) is 258 Å². The summed E-state index contributed by atoms with van der Waals surface area (Å²) in [5, 5.41) is 35.3. The number of carbonyl (C=O) groups excluding carboxylic acids is 4. The first kappa shape index (κ1) is 93.4. The van der Waals surface area contributed by atoms with Gasteiger partial charge in [0, 0.05) is 0 Å². The van der Waals surface area contributed by atoms with Gasteiger partial charge in [-0.2, -0.15) is 19.2 Å². The summed E-state index contributed by atoms with van der Waals surface area (Å²) < 4.78 is 0. The van der Waals surface area contributed by atoms with Gasteiger partial charge in [0.25, 0.3) is 0 Å². The Balaban J connectivity index is -0.0000000855. The Morgan fingerprint density at radius 2 is 0.654 bits per heavy atom. The number of aliphatic hydroxyl groups is 2. The summed E-state index contributed by atoms with van der Waals surface area (Å²) in [6, 6.07) is 51.0. The van der Waals surface area contributed by atoms with E-state index in [0.29, 0.717) is 24.1 Å². The molecule has 6 aromatic rings. The largest absolute Gasteiger partial charge is 0.478 e. The van der Waals surface area contributed by atoms with Crippen LogP contribution in [0.5, 0.6) is 0 Å². The Bertz CT molecular complexity index is 2180. The highest BCUT2D eigenvalue weighted by Crippen LogP contribution is 2.12. The molecule has 0 aliphatic carbocycles. The lowest BCUT2D eigenvalue weighted by Gasteiger charge is -2.03. The van der Waals surface area contributed by atoms with Crippen molar-refractivity contribution in [2.45, 2.75) is 165 Å². The van der Waals surface area contributed by atoms with Crippen LogP contribution in [0.25, 0.3) is 0 Å². The molecule has 12 heteroatoms. The van der Waals surface area contributed by atoms with Gasteiger partial charge in [-0.05, 0) is 108 Å². The standard InChI is InChI=1S/C10H12O2.2C10H14O.C9H11NO2.C9H12.C8H11N.2CO2.8CH4/c1-2-5-8-6-3-4-7-9(8)10(11)12;1-2-5-9-6-3-4-7-10(9)8-11;1-2-4-9-5-3-6-10(7-9)8-11;10-6-5-7-3-1-2-4-8(7)9(11)12;1-2-6-9-7-4-3-5-8-9;9-7-6-8-4-2-1-3-5-8;2*2-1-3;;;;;;;;/h3-4,6-7H,2,5H2,1H3,(H,11,12);3-4,6-7,11H,2,5,8H2,1H3;3,5-7,11H,2,4,8H2,1H3;1-4H,5-6,10H2,(H,11,12);3-5,7-8H,2,6H2,1H3;1-5H,6-7,9H2;;;8*1H4. The number of aryl methyl sites for hydroxylation is 4. The van der Waals surface area contributed by atoms with E-state index in [2.05, 4.69) is 81.4 Å². The number of carbonyl (C=O) groups is 2. The average molecular weight is 1090 g/mol. The lowest BCUT2D eigenvalue weighted by Crippen LogP contribution is -2.08. The molecule has 6 aromatic carbocycles. The van der Waals surface area contributed by atoms with Crippen LogP contribution in [0.1, 0.15) is 178 Å². The maximum Gasteiger partial charge on any atom is 0.373 e. The molecule has 0 unspecified atom stereocenters. The van der Waals surface area contributed by atoms with Crippen molar-refractivity contribution in [2.24, 2.45) is 11.5 Å². The van der Waals surface area contributed by atoms with E-state index in [1.807, 2.05) is 73.7 Å². The fourth-order valence-electron chi connectivity index (χ4n) is 6.46. The molecule has 78 heavy (non-hydrogen) atoms. The number of carboxylic acid groups (broad SMARTS) is 2. The van der Waals surface area contributed by atoms with Crippen LogP contribution in [0, 0.1) is 0 Å². The Labute approximate surface area is 474 Å². The van der Waals surface area contributed by atoms with Crippen LogP contribution in [0.2, 0.25) is 0 Å². The molecule has 0 amide bonds. The van der Waals surface area contributed by atoms with Crippen molar-refractivity contribution in [3.63, 3.8) is 0 Å². The third-order valence-corrected chi connectivity index (χ3v) is 9.61. The topological polar surface area (TPSA) is 235 Å². The zero-order chi connectivity index (χ0) is 52.6. The SMILES string of the molecule is C.C.C.C.C.C.C.C.CCCc1cccc(CO)c1.CCCc1ccccc1.CCCc1ccccc1C(=O)O.CCCc1ccccc1CO.NCCc1ccccc1.NCCc1ccccc1C(=O)O.O=C=O.O=C=O. The molecule has 0 aliphatic heterocycles. The van der Waals surface area contributed by atoms with Crippen LogP contribution < -0.4 is 11.5 Å². The molecule has 0 aliphatic rings. The van der Waals surface area contributed by atoms with Crippen LogP contribution in [0.3, 0.4) is 0 Å². The first-order valence-electron chi connectivity index (χ1n) is 23.4. The Morgan fingerprint density at radius 3 is 1.01 bits per heavy atom. The van der Waals surface area contributed by atoms with Crippen LogP contribution in [0.15, 0.2) is 158 Å². The molecule has 12 nitrogen and oxygen atoms in total. The second-order valence-corrected chi connectivity index (χ2v) is 15.0. The monoisotopic (exact) mass is 1090 g/mol. The molecule has 0 aromatic heterocycles. The average Bonchev–Trinajstić information content (AvgIpc) is 3.37. The lowest BCUT2D eigenvalue weighted by molar-refractivity contribution is -0.193. The highest BCUT2D eigenvalue weighted by Gasteiger charge is 2.08. The zero-order valence-electron chi connectivity index (χ0n) is 41.3. The van der Waals surface area contributed by atoms with Crippen LogP contribution >= 0.6 is 0 Å². The quantitative estimate of drug-likeness (QED) is 0.0531. The number of rotatable bonds is 16. The Kier molecular flexibility index (Phi) is 79.0. The smallest absolute Gasteiger partial charge is 0.373 e. The van der Waals surface area contributed by atoms with E-state index in [0.717, 1.165) is 73.7 Å². The summed E-state index contributed by atoms with van der Waals surface area (Å²) in [7, 11) is 0. The third kappa shape index (κ3) is 47.3. The molecule has 0 heterocycles. The van der Waals surface area contributed by atoms with Gasteiger partial charge in [0.1, 0.15) is 0 Å². The summed E-state index contributed by atoms with van der Waals surface area (Å²) in [5.41, 5.74) is 20.6. The molecule has 8 N–H and O–H groups in total. The number of benzene rings is 6. The molecule has 440 valence electrons. The van der Waals surface area contributed by atoms with E-state index in [1.54, 1.807) is 30.3 Å². The van der Waals surface area contributed by atoms with Crippen molar-refractivity contribution >= 4 is 24.2 Å². The van der Waals surface area contributed by atoms with Gasteiger partial charge in [-0.25, -0.2) is 9.59 Å². The Hall–Kier alpha value is -7.14. The lowest BCUT2D eigenvalue weighted by atomic mass is 10.0. The van der Waals surface area contributed by atoms with E-state index in [-0.39, 0.29) is 84.9 Å². The number of hydrogen-bond donors (Lipinski definition) is 6. The molecule has 0 saturated carbocycles. The summed E-state index contributed by atoms with van der Waals surface area (Å²) in [4.78, 5) is 53.9. The van der Waals surface area contributed by atoms with Crippen molar-refractivity contribution in [1.29, 1.82) is 0 Å². The molecular weight excluding hydrogens is 981 g/mol. The van der Waals surface area contributed by atoms with Gasteiger partial charge in [0.2, 0.25) is 0 Å². The molecule has 0 spiro atoms.